The van der Waals surface area contributed by atoms with E-state index in [0.29, 0.717) is 40.9 Å². The van der Waals surface area contributed by atoms with Crippen LogP contribution in [0.1, 0.15) is 40.4 Å². The lowest BCUT2D eigenvalue weighted by Crippen LogP contribution is -2.54. The van der Waals surface area contributed by atoms with E-state index >= 15 is 0 Å². The Labute approximate surface area is 215 Å². The zero-order chi connectivity index (χ0) is 25.9. The van der Waals surface area contributed by atoms with Gasteiger partial charge in [-0.1, -0.05) is 30.3 Å². The highest BCUT2D eigenvalue weighted by Crippen LogP contribution is 2.60. The normalized spacial score (nSPS) is 25.5. The molecule has 0 saturated carbocycles. The lowest BCUT2D eigenvalue weighted by atomic mass is 9.73. The highest BCUT2D eigenvalue weighted by molar-refractivity contribution is 6.13. The first-order chi connectivity index (χ1) is 17.9. The Balaban J connectivity index is 1.60. The molecule has 1 N–H and O–H groups in total. The molecule has 0 spiro atoms. The average molecular weight is 501 g/mol. The molecule has 0 aromatic heterocycles. The molecule has 0 aliphatic carbocycles. The molecule has 37 heavy (non-hydrogen) atoms. The second-order valence-electron chi connectivity index (χ2n) is 9.74. The van der Waals surface area contributed by atoms with E-state index in [1.165, 1.54) is 14.2 Å². The summed E-state index contributed by atoms with van der Waals surface area (Å²) in [7, 11) is 4.65. The number of nitrogens with one attached hydrogen (secondary N) is 1. The van der Waals surface area contributed by atoms with Crippen LogP contribution in [0.3, 0.4) is 0 Å². The number of nitrogens with zero attached hydrogens (tertiary/aromatic N) is 1. The summed E-state index contributed by atoms with van der Waals surface area (Å²) in [6, 6.07) is 18.4. The summed E-state index contributed by atoms with van der Waals surface area (Å²) in [6.45, 7) is 2.22. The zero-order valence-electron chi connectivity index (χ0n) is 21.1. The molecule has 0 radical (unpaired) electrons. The molecule has 3 aliphatic heterocycles. The van der Waals surface area contributed by atoms with Gasteiger partial charge in [-0.25, -0.2) is 0 Å². The van der Waals surface area contributed by atoms with Gasteiger partial charge in [-0.05, 0) is 30.7 Å². The molecular formula is C29H28N2O6. The summed E-state index contributed by atoms with van der Waals surface area (Å²) in [6.07, 6.45) is 0. The molecule has 3 aromatic carbocycles. The van der Waals surface area contributed by atoms with Crippen molar-refractivity contribution in [3.05, 3.63) is 77.4 Å². The summed E-state index contributed by atoms with van der Waals surface area (Å²) in [5.41, 5.74) is 1.38. The van der Waals surface area contributed by atoms with Crippen LogP contribution in [0.25, 0.3) is 0 Å². The Kier molecular flexibility index (Phi) is 5.29. The fourth-order valence-corrected chi connectivity index (χ4v) is 6.34. The average Bonchev–Trinajstić information content (AvgIpc) is 3.17. The van der Waals surface area contributed by atoms with Crippen LogP contribution in [-0.2, 0) is 4.79 Å². The molecule has 0 bridgehead atoms. The van der Waals surface area contributed by atoms with Gasteiger partial charge in [0.1, 0.15) is 17.0 Å². The van der Waals surface area contributed by atoms with Crippen LogP contribution in [0.4, 0.5) is 5.69 Å². The number of fused-ring (bicyclic) bond motifs is 6. The highest BCUT2D eigenvalue weighted by Gasteiger charge is 2.65. The fourth-order valence-electron chi connectivity index (χ4n) is 6.34. The quantitative estimate of drug-likeness (QED) is 0.571. The van der Waals surface area contributed by atoms with Gasteiger partial charge in [-0.2, -0.15) is 0 Å². The predicted molar refractivity (Wildman–Crippen MR) is 137 cm³/mol. The number of carbonyl (C=O) groups is 2. The lowest BCUT2D eigenvalue weighted by Gasteiger charge is -2.38. The van der Waals surface area contributed by atoms with Gasteiger partial charge in [0.05, 0.1) is 45.2 Å². The first kappa shape index (κ1) is 23.2. The molecule has 8 heteroatoms. The summed E-state index contributed by atoms with van der Waals surface area (Å²) in [4.78, 5) is 30.4. The van der Waals surface area contributed by atoms with Crippen LogP contribution >= 0.6 is 0 Å². The van der Waals surface area contributed by atoms with Crippen LogP contribution in [0.2, 0.25) is 0 Å². The summed E-state index contributed by atoms with van der Waals surface area (Å²) < 4.78 is 22.6. The molecular weight excluding hydrogens is 472 g/mol. The van der Waals surface area contributed by atoms with Gasteiger partial charge in [0.2, 0.25) is 0 Å². The number of hydrogen-bond acceptors (Lipinski definition) is 6. The first-order valence-corrected chi connectivity index (χ1v) is 12.2. The van der Waals surface area contributed by atoms with Gasteiger partial charge in [-0.15, -0.1) is 0 Å². The van der Waals surface area contributed by atoms with Crippen molar-refractivity contribution in [2.24, 2.45) is 5.92 Å². The van der Waals surface area contributed by atoms with Gasteiger partial charge in [0.25, 0.3) is 11.8 Å². The first-order valence-electron chi connectivity index (χ1n) is 12.2. The standard InChI is InChI=1S/C29H28N2O6/c1-29-25(16-8-6-5-7-9-16)20-15-37-22-12-17(34-2)10-11-18(22)26(20)31(29)27(32)19-13-23(35-3)24(36-4)14-21(19)30-28(29)33/h5-14,20,25-26H,15H2,1-4H3,(H,30,33)/t20-,25+,26+,29-/m1/s1. The van der Waals surface area contributed by atoms with Crippen molar-refractivity contribution < 1.29 is 28.5 Å². The van der Waals surface area contributed by atoms with Gasteiger partial charge in [0, 0.05) is 29.5 Å². The van der Waals surface area contributed by atoms with E-state index in [4.69, 9.17) is 18.9 Å². The number of anilines is 1. The Morgan fingerprint density at radius 2 is 1.68 bits per heavy atom. The van der Waals surface area contributed by atoms with Crippen LogP contribution in [0, 0.1) is 5.92 Å². The molecule has 1 saturated heterocycles. The van der Waals surface area contributed by atoms with Crippen molar-refractivity contribution in [3.8, 4) is 23.0 Å². The van der Waals surface area contributed by atoms with E-state index in [0.717, 1.165) is 11.1 Å². The molecule has 8 nitrogen and oxygen atoms in total. The maximum absolute atomic E-state index is 14.5. The maximum atomic E-state index is 14.5. The molecule has 3 aliphatic rings. The third kappa shape index (κ3) is 3.21. The van der Waals surface area contributed by atoms with Crippen molar-refractivity contribution in [2.45, 2.75) is 24.4 Å². The van der Waals surface area contributed by atoms with E-state index < -0.39 is 5.54 Å². The maximum Gasteiger partial charge on any atom is 0.257 e. The summed E-state index contributed by atoms with van der Waals surface area (Å²) >= 11 is 0. The van der Waals surface area contributed by atoms with Crippen molar-refractivity contribution in [3.63, 3.8) is 0 Å². The van der Waals surface area contributed by atoms with Crippen LogP contribution in [-0.4, -0.2) is 50.2 Å². The minimum atomic E-state index is -1.20. The second kappa shape index (κ2) is 8.44. The lowest BCUT2D eigenvalue weighted by molar-refractivity contribution is -0.125. The second-order valence-corrected chi connectivity index (χ2v) is 9.74. The third-order valence-corrected chi connectivity index (χ3v) is 8.03. The van der Waals surface area contributed by atoms with Crippen LogP contribution < -0.4 is 24.3 Å². The van der Waals surface area contributed by atoms with Gasteiger partial charge in [-0.3, -0.25) is 9.59 Å². The number of benzene rings is 3. The topological polar surface area (TPSA) is 86.3 Å². The Morgan fingerprint density at radius 1 is 0.946 bits per heavy atom. The Bertz CT molecular complexity index is 1410. The molecule has 3 heterocycles. The summed E-state index contributed by atoms with van der Waals surface area (Å²) in [5, 5.41) is 3.04. The highest BCUT2D eigenvalue weighted by atomic mass is 16.5. The minimum Gasteiger partial charge on any atom is -0.497 e. The third-order valence-electron chi connectivity index (χ3n) is 8.03. The van der Waals surface area contributed by atoms with Gasteiger partial charge in [0.15, 0.2) is 11.5 Å². The number of hydrogen-bond donors (Lipinski definition) is 1. The molecule has 4 atom stereocenters. The van der Waals surface area contributed by atoms with Crippen LogP contribution in [0.15, 0.2) is 60.7 Å². The van der Waals surface area contributed by atoms with Gasteiger partial charge >= 0.3 is 0 Å². The number of ether oxygens (including phenoxy) is 4. The van der Waals surface area contributed by atoms with E-state index in [1.54, 1.807) is 24.1 Å². The van der Waals surface area contributed by atoms with E-state index in [-0.39, 0.29) is 29.7 Å². The number of amides is 2. The van der Waals surface area contributed by atoms with Crippen molar-refractivity contribution in [1.82, 2.24) is 4.90 Å². The SMILES string of the molecule is COc1ccc2c(c1)OC[C@H]1[C@H]2N2C(=O)c3cc(OC)c(OC)cc3NC(=O)[C@@]2(C)[C@H]1c1ccccc1. The number of carbonyl (C=O) groups excluding carboxylic acids is 2. The van der Waals surface area contributed by atoms with E-state index in [9.17, 15) is 9.59 Å². The minimum absolute atomic E-state index is 0.148. The molecule has 0 unspecified atom stereocenters. The molecule has 6 rings (SSSR count). The number of methoxy groups -OCH3 is 3. The zero-order valence-corrected chi connectivity index (χ0v) is 21.1. The van der Waals surface area contributed by atoms with Crippen molar-refractivity contribution >= 4 is 17.5 Å². The van der Waals surface area contributed by atoms with Gasteiger partial charge < -0.3 is 29.2 Å². The van der Waals surface area contributed by atoms with E-state index in [2.05, 4.69) is 5.32 Å². The van der Waals surface area contributed by atoms with Crippen molar-refractivity contribution in [1.29, 1.82) is 0 Å². The Hall–Kier alpha value is -4.20. The molecule has 3 aromatic rings. The predicted octanol–water partition coefficient (Wildman–Crippen LogP) is 4.41. The molecule has 1 fully saturated rings. The molecule has 2 amide bonds. The summed E-state index contributed by atoms with van der Waals surface area (Å²) in [5.74, 6) is 1.20. The van der Waals surface area contributed by atoms with Crippen LogP contribution in [0.5, 0.6) is 23.0 Å². The monoisotopic (exact) mass is 500 g/mol. The Morgan fingerprint density at radius 3 is 2.38 bits per heavy atom. The fraction of sp³-hybridized carbons (Fsp3) is 0.310. The smallest absolute Gasteiger partial charge is 0.257 e. The molecule has 190 valence electrons. The largest absolute Gasteiger partial charge is 0.497 e. The van der Waals surface area contributed by atoms with E-state index in [1.807, 2.05) is 55.5 Å². The number of rotatable bonds is 4. The van der Waals surface area contributed by atoms with Crippen molar-refractivity contribution in [2.75, 3.05) is 33.3 Å².